The standard InChI is InChI=1S/C14H14BrFN2O2S/c1-8(2)12-6-17-14(21-7-13(19)20)18(12)11-5-9(15)3-4-10(11)16/h3-6,8H,7H2,1-2H3,(H,19,20). The highest BCUT2D eigenvalue weighted by molar-refractivity contribution is 9.10. The Bertz CT molecular complexity index is 673. The third-order valence-electron chi connectivity index (χ3n) is 2.82. The van der Waals surface area contributed by atoms with Crippen molar-refractivity contribution in [2.24, 2.45) is 0 Å². The Morgan fingerprint density at radius 3 is 2.86 bits per heavy atom. The van der Waals surface area contributed by atoms with E-state index in [9.17, 15) is 9.18 Å². The molecule has 112 valence electrons. The summed E-state index contributed by atoms with van der Waals surface area (Å²) >= 11 is 4.40. The van der Waals surface area contributed by atoms with E-state index >= 15 is 0 Å². The minimum Gasteiger partial charge on any atom is -0.481 e. The maximum Gasteiger partial charge on any atom is 0.313 e. The van der Waals surface area contributed by atoms with Gasteiger partial charge in [0.2, 0.25) is 0 Å². The van der Waals surface area contributed by atoms with Gasteiger partial charge in [-0.2, -0.15) is 0 Å². The number of carboxylic acid groups (broad SMARTS) is 1. The van der Waals surface area contributed by atoms with E-state index in [2.05, 4.69) is 20.9 Å². The summed E-state index contributed by atoms with van der Waals surface area (Å²) in [6, 6.07) is 4.65. The predicted molar refractivity (Wildman–Crippen MR) is 83.7 cm³/mol. The second-order valence-electron chi connectivity index (χ2n) is 4.73. The van der Waals surface area contributed by atoms with Gasteiger partial charge in [-0.05, 0) is 24.1 Å². The number of halogens is 2. The van der Waals surface area contributed by atoms with Gasteiger partial charge >= 0.3 is 5.97 Å². The van der Waals surface area contributed by atoms with Gasteiger partial charge in [-0.3, -0.25) is 9.36 Å². The molecule has 0 aliphatic heterocycles. The average molecular weight is 373 g/mol. The molecule has 0 aliphatic carbocycles. The van der Waals surface area contributed by atoms with Crippen LogP contribution in [-0.4, -0.2) is 26.4 Å². The van der Waals surface area contributed by atoms with Gasteiger partial charge in [0.05, 0.1) is 17.6 Å². The molecule has 1 aromatic heterocycles. The van der Waals surface area contributed by atoms with Crippen LogP contribution in [0.3, 0.4) is 0 Å². The lowest BCUT2D eigenvalue weighted by Gasteiger charge is -2.14. The molecule has 0 saturated heterocycles. The predicted octanol–water partition coefficient (Wildman–Crippen LogP) is 4.07. The summed E-state index contributed by atoms with van der Waals surface area (Å²) in [5.41, 5.74) is 1.19. The van der Waals surface area contributed by atoms with Gasteiger partial charge in [0.1, 0.15) is 5.82 Å². The monoisotopic (exact) mass is 372 g/mol. The molecule has 0 fully saturated rings. The average Bonchev–Trinajstić information content (AvgIpc) is 2.83. The summed E-state index contributed by atoms with van der Waals surface area (Å²) in [4.78, 5) is 15.0. The molecular formula is C14H14BrFN2O2S. The molecule has 4 nitrogen and oxygen atoms in total. The second-order valence-corrected chi connectivity index (χ2v) is 6.59. The Kier molecular flexibility index (Phi) is 5.05. The lowest BCUT2D eigenvalue weighted by atomic mass is 10.1. The molecule has 0 unspecified atom stereocenters. The summed E-state index contributed by atoms with van der Waals surface area (Å²) in [7, 11) is 0. The molecular weight excluding hydrogens is 359 g/mol. The Morgan fingerprint density at radius 2 is 2.24 bits per heavy atom. The number of hydrogen-bond acceptors (Lipinski definition) is 3. The first-order valence-corrected chi connectivity index (χ1v) is 8.05. The fourth-order valence-corrected chi connectivity index (χ4v) is 2.94. The third-order valence-corrected chi connectivity index (χ3v) is 4.25. The van der Waals surface area contributed by atoms with E-state index in [4.69, 9.17) is 5.11 Å². The highest BCUT2D eigenvalue weighted by atomic mass is 79.9. The molecule has 1 N–H and O–H groups in total. The topological polar surface area (TPSA) is 55.1 Å². The highest BCUT2D eigenvalue weighted by Crippen LogP contribution is 2.30. The third kappa shape index (κ3) is 3.65. The first-order chi connectivity index (χ1) is 9.90. The fourth-order valence-electron chi connectivity index (χ4n) is 1.88. The number of benzene rings is 1. The van der Waals surface area contributed by atoms with Gasteiger partial charge in [-0.15, -0.1) is 0 Å². The van der Waals surface area contributed by atoms with Crippen LogP contribution < -0.4 is 0 Å². The molecule has 1 aromatic carbocycles. The lowest BCUT2D eigenvalue weighted by Crippen LogP contribution is -2.07. The number of rotatable bonds is 5. The molecule has 1 heterocycles. The van der Waals surface area contributed by atoms with Gasteiger partial charge in [-0.25, -0.2) is 9.37 Å². The van der Waals surface area contributed by atoms with E-state index in [0.29, 0.717) is 10.8 Å². The Balaban J connectivity index is 2.55. The van der Waals surface area contributed by atoms with Crippen molar-refractivity contribution >= 4 is 33.7 Å². The summed E-state index contributed by atoms with van der Waals surface area (Å²) in [6.07, 6.45) is 1.66. The van der Waals surface area contributed by atoms with Crippen LogP contribution in [0.15, 0.2) is 34.0 Å². The van der Waals surface area contributed by atoms with E-state index in [-0.39, 0.29) is 17.5 Å². The second kappa shape index (κ2) is 6.62. The molecule has 0 amide bonds. The van der Waals surface area contributed by atoms with Crippen molar-refractivity contribution in [3.05, 3.63) is 40.4 Å². The summed E-state index contributed by atoms with van der Waals surface area (Å²) in [5, 5.41) is 9.28. The van der Waals surface area contributed by atoms with Gasteiger partial charge in [-0.1, -0.05) is 41.5 Å². The van der Waals surface area contributed by atoms with E-state index in [1.165, 1.54) is 6.07 Å². The largest absolute Gasteiger partial charge is 0.481 e. The van der Waals surface area contributed by atoms with Crippen molar-refractivity contribution in [3.63, 3.8) is 0 Å². The number of aromatic nitrogens is 2. The van der Waals surface area contributed by atoms with Gasteiger partial charge in [0, 0.05) is 10.2 Å². The zero-order valence-electron chi connectivity index (χ0n) is 11.5. The summed E-state index contributed by atoms with van der Waals surface area (Å²) in [5.74, 6) is -1.30. The van der Waals surface area contributed by atoms with Crippen LogP contribution in [0.2, 0.25) is 0 Å². The smallest absolute Gasteiger partial charge is 0.313 e. The van der Waals surface area contributed by atoms with Gasteiger partial charge in [0.15, 0.2) is 5.16 Å². The van der Waals surface area contributed by atoms with E-state index in [1.54, 1.807) is 22.9 Å². The van der Waals surface area contributed by atoms with Crippen LogP contribution in [0.25, 0.3) is 5.69 Å². The SMILES string of the molecule is CC(C)c1cnc(SCC(=O)O)n1-c1cc(Br)ccc1F. The Morgan fingerprint density at radius 1 is 1.52 bits per heavy atom. The van der Waals surface area contributed by atoms with E-state index < -0.39 is 5.97 Å². The first kappa shape index (κ1) is 16.0. The lowest BCUT2D eigenvalue weighted by molar-refractivity contribution is -0.133. The number of imidazole rings is 1. The molecule has 21 heavy (non-hydrogen) atoms. The van der Waals surface area contributed by atoms with Gasteiger partial charge < -0.3 is 5.11 Å². The number of nitrogens with zero attached hydrogens (tertiary/aromatic N) is 2. The van der Waals surface area contributed by atoms with Crippen molar-refractivity contribution in [2.75, 3.05) is 5.75 Å². The minimum atomic E-state index is -0.935. The number of hydrogen-bond donors (Lipinski definition) is 1. The van der Waals surface area contributed by atoms with Crippen LogP contribution in [0.4, 0.5) is 4.39 Å². The number of carboxylic acids is 1. The molecule has 0 atom stereocenters. The van der Waals surface area contributed by atoms with Crippen LogP contribution in [-0.2, 0) is 4.79 Å². The molecule has 0 radical (unpaired) electrons. The van der Waals surface area contributed by atoms with Crippen molar-refractivity contribution < 1.29 is 14.3 Å². The maximum absolute atomic E-state index is 14.2. The highest BCUT2D eigenvalue weighted by Gasteiger charge is 2.18. The van der Waals surface area contributed by atoms with Crippen LogP contribution in [0, 0.1) is 5.82 Å². The van der Waals surface area contributed by atoms with E-state index in [0.717, 1.165) is 21.9 Å². The number of aliphatic carboxylic acids is 1. The minimum absolute atomic E-state index is 0.121. The zero-order valence-corrected chi connectivity index (χ0v) is 13.9. The van der Waals surface area contributed by atoms with Crippen molar-refractivity contribution in [1.29, 1.82) is 0 Å². The first-order valence-electron chi connectivity index (χ1n) is 6.27. The van der Waals surface area contributed by atoms with Crippen molar-refractivity contribution in [3.8, 4) is 5.69 Å². The molecule has 2 rings (SSSR count). The van der Waals surface area contributed by atoms with E-state index in [1.807, 2.05) is 13.8 Å². The molecule has 2 aromatic rings. The maximum atomic E-state index is 14.2. The number of thioether (sulfide) groups is 1. The summed E-state index contributed by atoms with van der Waals surface area (Å²) in [6.45, 7) is 3.96. The molecule has 0 saturated carbocycles. The van der Waals surface area contributed by atoms with Crippen LogP contribution >= 0.6 is 27.7 Å². The number of carbonyl (C=O) groups is 1. The molecule has 0 bridgehead atoms. The quantitative estimate of drug-likeness (QED) is 0.803. The Labute approximate surface area is 134 Å². The molecule has 0 spiro atoms. The normalized spacial score (nSPS) is 11.1. The molecule has 0 aliphatic rings. The van der Waals surface area contributed by atoms with Gasteiger partial charge in [0.25, 0.3) is 0 Å². The van der Waals surface area contributed by atoms with Crippen LogP contribution in [0.5, 0.6) is 0 Å². The zero-order chi connectivity index (χ0) is 15.6. The summed E-state index contributed by atoms with van der Waals surface area (Å²) < 4.78 is 16.6. The fraction of sp³-hybridized carbons (Fsp3) is 0.286. The van der Waals surface area contributed by atoms with Crippen LogP contribution in [0.1, 0.15) is 25.5 Å². The van der Waals surface area contributed by atoms with Crippen molar-refractivity contribution in [1.82, 2.24) is 9.55 Å². The van der Waals surface area contributed by atoms with Crippen molar-refractivity contribution in [2.45, 2.75) is 24.9 Å². The Hall–Kier alpha value is -1.34. The molecule has 7 heteroatoms.